The Morgan fingerprint density at radius 2 is 2.36 bits per heavy atom. The lowest BCUT2D eigenvalue weighted by Gasteiger charge is -1.95. The second-order valence-corrected chi connectivity index (χ2v) is 4.45. The number of rotatable bonds is 2. The summed E-state index contributed by atoms with van der Waals surface area (Å²) in [6.45, 7) is 0. The maximum atomic E-state index is 13.3. The number of halogens is 1. The quantitative estimate of drug-likeness (QED) is 0.736. The van der Waals surface area contributed by atoms with Crippen LogP contribution in [0.5, 0.6) is 0 Å². The largest absolute Gasteiger partial charge is 0.251 e. The van der Waals surface area contributed by atoms with Gasteiger partial charge in [-0.15, -0.1) is 11.3 Å². The molecule has 0 spiro atoms. The van der Waals surface area contributed by atoms with E-state index < -0.39 is 0 Å². The molecule has 0 aliphatic rings. The highest BCUT2D eigenvalue weighted by Gasteiger charge is 2.09. The zero-order valence-electron chi connectivity index (χ0n) is 7.40. The molecule has 72 valence electrons. The van der Waals surface area contributed by atoms with Crippen LogP contribution in [-0.4, -0.2) is 16.2 Å². The molecule has 2 nitrogen and oxygen atoms in total. The minimum atomic E-state index is -0.328. The van der Waals surface area contributed by atoms with Crippen LogP contribution in [0.15, 0.2) is 28.0 Å². The van der Waals surface area contributed by atoms with E-state index >= 15 is 0 Å². The van der Waals surface area contributed by atoms with E-state index in [1.54, 1.807) is 24.0 Å². The van der Waals surface area contributed by atoms with Gasteiger partial charge in [0.2, 0.25) is 0 Å². The SMILES string of the molecule is CSc1nc(-c2ncccc2F)cs1. The zero-order valence-corrected chi connectivity index (χ0v) is 9.03. The van der Waals surface area contributed by atoms with Crippen molar-refractivity contribution in [1.29, 1.82) is 0 Å². The third-order valence-electron chi connectivity index (χ3n) is 1.66. The second-order valence-electron chi connectivity index (χ2n) is 2.54. The minimum absolute atomic E-state index is 0.323. The van der Waals surface area contributed by atoms with Gasteiger partial charge in [-0.2, -0.15) is 0 Å². The summed E-state index contributed by atoms with van der Waals surface area (Å²) in [5, 5.41) is 1.82. The topological polar surface area (TPSA) is 25.8 Å². The Hall–Kier alpha value is -0.940. The van der Waals surface area contributed by atoms with Gasteiger partial charge in [-0.25, -0.2) is 9.37 Å². The third kappa shape index (κ3) is 1.78. The van der Waals surface area contributed by atoms with E-state index in [1.165, 1.54) is 17.4 Å². The minimum Gasteiger partial charge on any atom is -0.251 e. The van der Waals surface area contributed by atoms with Crippen LogP contribution in [0.2, 0.25) is 0 Å². The van der Waals surface area contributed by atoms with Gasteiger partial charge in [-0.3, -0.25) is 4.98 Å². The fraction of sp³-hybridized carbons (Fsp3) is 0.111. The molecule has 0 saturated carbocycles. The van der Waals surface area contributed by atoms with E-state index in [0.29, 0.717) is 11.4 Å². The number of thiazole rings is 1. The lowest BCUT2D eigenvalue weighted by atomic mass is 10.3. The number of pyridine rings is 1. The average molecular weight is 226 g/mol. The van der Waals surface area contributed by atoms with Gasteiger partial charge in [0.1, 0.15) is 15.7 Å². The molecule has 0 bridgehead atoms. The number of hydrogen-bond acceptors (Lipinski definition) is 4. The molecule has 0 saturated heterocycles. The molecule has 2 rings (SSSR count). The Kier molecular flexibility index (Phi) is 2.79. The summed E-state index contributed by atoms with van der Waals surface area (Å²) in [6, 6.07) is 2.96. The molecule has 0 aromatic carbocycles. The Labute approximate surface area is 89.2 Å². The van der Waals surface area contributed by atoms with Crippen molar-refractivity contribution in [2.24, 2.45) is 0 Å². The summed E-state index contributed by atoms with van der Waals surface area (Å²) in [7, 11) is 0. The predicted molar refractivity (Wildman–Crippen MR) is 57.1 cm³/mol. The van der Waals surface area contributed by atoms with E-state index in [-0.39, 0.29) is 5.82 Å². The van der Waals surface area contributed by atoms with Crippen molar-refractivity contribution in [2.75, 3.05) is 6.26 Å². The van der Waals surface area contributed by atoms with Gasteiger partial charge in [-0.05, 0) is 18.4 Å². The predicted octanol–water partition coefficient (Wildman–Crippen LogP) is 3.07. The molecule has 0 fully saturated rings. The van der Waals surface area contributed by atoms with Gasteiger partial charge >= 0.3 is 0 Å². The Bertz CT molecular complexity index is 442. The number of aromatic nitrogens is 2. The number of thioether (sulfide) groups is 1. The normalized spacial score (nSPS) is 10.4. The molecule has 2 aromatic heterocycles. The van der Waals surface area contributed by atoms with E-state index in [1.807, 2.05) is 11.6 Å². The molecule has 5 heteroatoms. The van der Waals surface area contributed by atoms with Gasteiger partial charge in [0.05, 0.1) is 0 Å². The standard InChI is InChI=1S/C9H7FN2S2/c1-13-9-12-7(5-14-9)8-6(10)3-2-4-11-8/h2-5H,1H3. The first-order valence-corrected chi connectivity index (χ1v) is 6.02. The van der Waals surface area contributed by atoms with Gasteiger partial charge < -0.3 is 0 Å². The summed E-state index contributed by atoms with van der Waals surface area (Å²) in [5.74, 6) is -0.328. The first kappa shape index (κ1) is 9.61. The second kappa shape index (κ2) is 4.06. The Morgan fingerprint density at radius 3 is 3.00 bits per heavy atom. The summed E-state index contributed by atoms with van der Waals surface area (Å²) in [5.41, 5.74) is 0.932. The Morgan fingerprint density at radius 1 is 1.50 bits per heavy atom. The Balaban J connectivity index is 2.44. The van der Waals surface area contributed by atoms with Crippen LogP contribution in [0, 0.1) is 5.82 Å². The lowest BCUT2D eigenvalue weighted by molar-refractivity contribution is 0.625. The first-order valence-electron chi connectivity index (χ1n) is 3.91. The van der Waals surface area contributed by atoms with E-state index in [4.69, 9.17) is 0 Å². The van der Waals surface area contributed by atoms with Crippen LogP contribution in [0.3, 0.4) is 0 Å². The van der Waals surface area contributed by atoms with Gasteiger partial charge in [-0.1, -0.05) is 11.8 Å². The van der Waals surface area contributed by atoms with Crippen LogP contribution in [0.25, 0.3) is 11.4 Å². The van der Waals surface area contributed by atoms with Crippen molar-refractivity contribution in [1.82, 2.24) is 9.97 Å². The van der Waals surface area contributed by atoms with Crippen molar-refractivity contribution in [3.63, 3.8) is 0 Å². The maximum absolute atomic E-state index is 13.3. The van der Waals surface area contributed by atoms with E-state index in [0.717, 1.165) is 4.34 Å². The van der Waals surface area contributed by atoms with Crippen LogP contribution in [0.4, 0.5) is 4.39 Å². The highest BCUT2D eigenvalue weighted by molar-refractivity contribution is 8.00. The molecule has 0 N–H and O–H groups in total. The summed E-state index contributed by atoms with van der Waals surface area (Å²) < 4.78 is 14.2. The molecular formula is C9H7FN2S2. The van der Waals surface area contributed by atoms with Gasteiger partial charge in [0, 0.05) is 11.6 Å². The molecule has 0 aliphatic heterocycles. The van der Waals surface area contributed by atoms with Crippen molar-refractivity contribution in [3.05, 3.63) is 29.5 Å². The first-order chi connectivity index (χ1) is 6.81. The monoisotopic (exact) mass is 226 g/mol. The number of hydrogen-bond donors (Lipinski definition) is 0. The number of nitrogens with zero attached hydrogens (tertiary/aromatic N) is 2. The molecule has 2 aromatic rings. The highest BCUT2D eigenvalue weighted by atomic mass is 32.2. The third-order valence-corrected chi connectivity index (χ3v) is 3.52. The molecular weight excluding hydrogens is 219 g/mol. The van der Waals surface area contributed by atoms with E-state index in [2.05, 4.69) is 9.97 Å². The van der Waals surface area contributed by atoms with Crippen molar-refractivity contribution >= 4 is 23.1 Å². The lowest BCUT2D eigenvalue weighted by Crippen LogP contribution is -1.87. The van der Waals surface area contributed by atoms with Crippen molar-refractivity contribution in [2.45, 2.75) is 4.34 Å². The van der Waals surface area contributed by atoms with Crippen LogP contribution < -0.4 is 0 Å². The molecule has 0 unspecified atom stereocenters. The fourth-order valence-corrected chi connectivity index (χ4v) is 2.28. The van der Waals surface area contributed by atoms with E-state index in [9.17, 15) is 4.39 Å². The molecule has 2 heterocycles. The average Bonchev–Trinajstić information content (AvgIpc) is 2.67. The maximum Gasteiger partial charge on any atom is 0.151 e. The van der Waals surface area contributed by atoms with Crippen LogP contribution in [0.1, 0.15) is 0 Å². The smallest absolute Gasteiger partial charge is 0.151 e. The molecule has 0 aliphatic carbocycles. The van der Waals surface area contributed by atoms with Crippen molar-refractivity contribution in [3.8, 4) is 11.4 Å². The molecule has 14 heavy (non-hydrogen) atoms. The molecule has 0 amide bonds. The van der Waals surface area contributed by atoms with Crippen LogP contribution in [-0.2, 0) is 0 Å². The van der Waals surface area contributed by atoms with Crippen molar-refractivity contribution < 1.29 is 4.39 Å². The molecule has 0 radical (unpaired) electrons. The zero-order chi connectivity index (χ0) is 9.97. The highest BCUT2D eigenvalue weighted by Crippen LogP contribution is 2.26. The summed E-state index contributed by atoms with van der Waals surface area (Å²) >= 11 is 3.05. The van der Waals surface area contributed by atoms with Crippen LogP contribution >= 0.6 is 23.1 Å². The summed E-state index contributed by atoms with van der Waals surface area (Å²) in [6.07, 6.45) is 3.51. The molecule has 0 atom stereocenters. The van der Waals surface area contributed by atoms with Gasteiger partial charge in [0.15, 0.2) is 5.82 Å². The fourth-order valence-electron chi connectivity index (χ4n) is 1.03. The summed E-state index contributed by atoms with van der Waals surface area (Å²) in [4.78, 5) is 8.19. The van der Waals surface area contributed by atoms with Gasteiger partial charge in [0.25, 0.3) is 0 Å².